The first-order valence-electron chi connectivity index (χ1n) is 7.88. The Hall–Kier alpha value is -1.06. The molecule has 0 bridgehead atoms. The highest BCUT2D eigenvalue weighted by Gasteiger charge is 2.20. The van der Waals surface area contributed by atoms with Crippen LogP contribution in [0.25, 0.3) is 0 Å². The summed E-state index contributed by atoms with van der Waals surface area (Å²) in [4.78, 5) is 2.61. The average molecular weight is 276 g/mol. The molecule has 1 aromatic carbocycles. The molecule has 0 spiro atoms. The van der Waals surface area contributed by atoms with Crippen molar-refractivity contribution < 1.29 is 4.74 Å². The molecule has 0 heterocycles. The van der Waals surface area contributed by atoms with E-state index in [4.69, 9.17) is 10.5 Å². The maximum Gasteiger partial charge on any atom is 0.123 e. The molecule has 112 valence electrons. The normalized spacial score (nSPS) is 16.6. The van der Waals surface area contributed by atoms with E-state index < -0.39 is 0 Å². The lowest BCUT2D eigenvalue weighted by atomic mass is 9.94. The van der Waals surface area contributed by atoms with Crippen LogP contribution in [0.4, 0.5) is 0 Å². The van der Waals surface area contributed by atoms with Gasteiger partial charge in [-0.3, -0.25) is 4.90 Å². The van der Waals surface area contributed by atoms with Crippen LogP contribution in [-0.4, -0.2) is 24.6 Å². The lowest BCUT2D eigenvalue weighted by Gasteiger charge is -2.33. The topological polar surface area (TPSA) is 38.5 Å². The van der Waals surface area contributed by atoms with E-state index in [1.807, 2.05) is 0 Å². The first-order valence-corrected chi connectivity index (χ1v) is 7.88. The van der Waals surface area contributed by atoms with Gasteiger partial charge in [0, 0.05) is 24.7 Å². The van der Waals surface area contributed by atoms with Crippen LogP contribution in [0.3, 0.4) is 0 Å². The Labute approximate surface area is 123 Å². The Kier molecular flexibility index (Phi) is 5.86. The van der Waals surface area contributed by atoms with Crippen LogP contribution in [0.2, 0.25) is 0 Å². The Bertz CT molecular complexity index is 413. The third kappa shape index (κ3) is 3.74. The number of nitrogens with two attached hydrogens (primary N) is 1. The summed E-state index contributed by atoms with van der Waals surface area (Å²) in [6.45, 7) is 4.93. The zero-order chi connectivity index (χ0) is 14.4. The summed E-state index contributed by atoms with van der Waals surface area (Å²) in [5.74, 6) is 0.921. The van der Waals surface area contributed by atoms with Crippen molar-refractivity contribution in [1.82, 2.24) is 4.90 Å². The molecule has 2 N–H and O–H groups in total. The smallest absolute Gasteiger partial charge is 0.123 e. The Balaban J connectivity index is 2.06. The van der Waals surface area contributed by atoms with Crippen LogP contribution >= 0.6 is 0 Å². The molecule has 0 unspecified atom stereocenters. The van der Waals surface area contributed by atoms with E-state index in [-0.39, 0.29) is 0 Å². The lowest BCUT2D eigenvalue weighted by Crippen LogP contribution is -2.36. The van der Waals surface area contributed by atoms with Crippen molar-refractivity contribution >= 4 is 0 Å². The van der Waals surface area contributed by atoms with Crippen molar-refractivity contribution in [2.75, 3.05) is 13.7 Å². The van der Waals surface area contributed by atoms with Crippen LogP contribution in [-0.2, 0) is 13.1 Å². The standard InChI is InChI=1S/C17H28N2O/c1-3-19(16-7-5-4-6-8-16)13-14-9-10-15(12-18)17(11-14)20-2/h9-11,16H,3-8,12-13,18H2,1-2H3. The molecule has 20 heavy (non-hydrogen) atoms. The molecular formula is C17H28N2O. The van der Waals surface area contributed by atoms with Gasteiger partial charge in [-0.15, -0.1) is 0 Å². The third-order valence-electron chi connectivity index (χ3n) is 4.45. The molecule has 0 aliphatic heterocycles. The summed E-state index contributed by atoms with van der Waals surface area (Å²) >= 11 is 0. The Morgan fingerprint density at radius 2 is 2.00 bits per heavy atom. The maximum atomic E-state index is 5.73. The first-order chi connectivity index (χ1) is 9.78. The van der Waals surface area contributed by atoms with Crippen molar-refractivity contribution in [2.24, 2.45) is 5.73 Å². The van der Waals surface area contributed by atoms with E-state index >= 15 is 0 Å². The molecule has 1 saturated carbocycles. The Morgan fingerprint density at radius 3 is 2.60 bits per heavy atom. The largest absolute Gasteiger partial charge is 0.496 e. The predicted octanol–water partition coefficient (Wildman–Crippen LogP) is 3.31. The molecule has 3 heteroatoms. The van der Waals surface area contributed by atoms with Crippen LogP contribution in [0, 0.1) is 0 Å². The fourth-order valence-electron chi connectivity index (χ4n) is 3.24. The molecule has 0 amide bonds. The summed E-state index contributed by atoms with van der Waals surface area (Å²) in [7, 11) is 1.72. The molecule has 1 aromatic rings. The van der Waals surface area contributed by atoms with E-state index in [2.05, 4.69) is 30.0 Å². The number of ether oxygens (including phenoxy) is 1. The first kappa shape index (κ1) is 15.3. The van der Waals surface area contributed by atoms with Crippen molar-refractivity contribution in [1.29, 1.82) is 0 Å². The number of methoxy groups -OCH3 is 1. The minimum Gasteiger partial charge on any atom is -0.496 e. The Morgan fingerprint density at radius 1 is 1.25 bits per heavy atom. The van der Waals surface area contributed by atoms with Crippen molar-refractivity contribution in [2.45, 2.75) is 58.2 Å². The number of benzene rings is 1. The summed E-state index contributed by atoms with van der Waals surface area (Å²) in [5.41, 5.74) is 8.14. The average Bonchev–Trinajstić information content (AvgIpc) is 2.53. The van der Waals surface area contributed by atoms with Gasteiger partial charge < -0.3 is 10.5 Å². The summed E-state index contributed by atoms with van der Waals surface area (Å²) in [6, 6.07) is 7.20. The molecule has 0 aromatic heterocycles. The van der Waals surface area contributed by atoms with Gasteiger partial charge in [0.15, 0.2) is 0 Å². The van der Waals surface area contributed by atoms with Crippen molar-refractivity contribution in [3.63, 3.8) is 0 Å². The van der Waals surface area contributed by atoms with E-state index in [0.29, 0.717) is 6.54 Å². The molecule has 0 atom stereocenters. The molecule has 1 aliphatic carbocycles. The minimum absolute atomic E-state index is 0.531. The molecule has 2 rings (SSSR count). The summed E-state index contributed by atoms with van der Waals surface area (Å²) < 4.78 is 5.44. The second-order valence-corrected chi connectivity index (χ2v) is 5.71. The van der Waals surface area contributed by atoms with E-state index in [1.165, 1.54) is 37.7 Å². The maximum absolute atomic E-state index is 5.73. The van der Waals surface area contributed by atoms with E-state index in [1.54, 1.807) is 7.11 Å². The van der Waals surface area contributed by atoms with Gasteiger partial charge in [0.1, 0.15) is 5.75 Å². The number of hydrogen-bond donors (Lipinski definition) is 1. The third-order valence-corrected chi connectivity index (χ3v) is 4.45. The quantitative estimate of drug-likeness (QED) is 0.866. The molecule has 0 saturated heterocycles. The van der Waals surface area contributed by atoms with Gasteiger partial charge in [0.2, 0.25) is 0 Å². The van der Waals surface area contributed by atoms with Gasteiger partial charge in [-0.05, 0) is 31.0 Å². The number of rotatable bonds is 6. The summed E-state index contributed by atoms with van der Waals surface area (Å²) in [6.07, 6.45) is 6.89. The predicted molar refractivity (Wildman–Crippen MR) is 83.8 cm³/mol. The monoisotopic (exact) mass is 276 g/mol. The van der Waals surface area contributed by atoms with Gasteiger partial charge in [0.05, 0.1) is 7.11 Å². The van der Waals surface area contributed by atoms with Crippen LogP contribution in [0.15, 0.2) is 18.2 Å². The van der Waals surface area contributed by atoms with Crippen LogP contribution in [0.5, 0.6) is 5.75 Å². The highest BCUT2D eigenvalue weighted by Crippen LogP contribution is 2.25. The van der Waals surface area contributed by atoms with E-state index in [9.17, 15) is 0 Å². The second-order valence-electron chi connectivity index (χ2n) is 5.71. The van der Waals surface area contributed by atoms with Crippen molar-refractivity contribution in [3.8, 4) is 5.75 Å². The van der Waals surface area contributed by atoms with Crippen LogP contribution < -0.4 is 10.5 Å². The molecule has 1 fully saturated rings. The number of nitrogens with zero attached hydrogens (tertiary/aromatic N) is 1. The lowest BCUT2D eigenvalue weighted by molar-refractivity contribution is 0.156. The van der Waals surface area contributed by atoms with E-state index in [0.717, 1.165) is 30.4 Å². The highest BCUT2D eigenvalue weighted by molar-refractivity contribution is 5.37. The summed E-state index contributed by atoms with van der Waals surface area (Å²) in [5, 5.41) is 0. The zero-order valence-electron chi connectivity index (χ0n) is 12.9. The minimum atomic E-state index is 0.531. The van der Waals surface area contributed by atoms with Gasteiger partial charge in [-0.25, -0.2) is 0 Å². The van der Waals surface area contributed by atoms with Gasteiger partial charge in [-0.1, -0.05) is 38.3 Å². The number of hydrogen-bond acceptors (Lipinski definition) is 3. The fourth-order valence-corrected chi connectivity index (χ4v) is 3.24. The fraction of sp³-hybridized carbons (Fsp3) is 0.647. The molecular weight excluding hydrogens is 248 g/mol. The molecule has 1 aliphatic rings. The van der Waals surface area contributed by atoms with Gasteiger partial charge in [0.25, 0.3) is 0 Å². The molecule has 0 radical (unpaired) electrons. The van der Waals surface area contributed by atoms with Crippen molar-refractivity contribution in [3.05, 3.63) is 29.3 Å². The van der Waals surface area contributed by atoms with Crippen LogP contribution in [0.1, 0.15) is 50.2 Å². The van der Waals surface area contributed by atoms with Gasteiger partial charge >= 0.3 is 0 Å². The highest BCUT2D eigenvalue weighted by atomic mass is 16.5. The zero-order valence-corrected chi connectivity index (χ0v) is 12.9. The van der Waals surface area contributed by atoms with Gasteiger partial charge in [-0.2, -0.15) is 0 Å². The second kappa shape index (κ2) is 7.65. The SMILES string of the molecule is CCN(Cc1ccc(CN)c(OC)c1)C1CCCCC1. The molecule has 3 nitrogen and oxygen atoms in total.